The lowest BCUT2D eigenvalue weighted by Gasteiger charge is -2.15. The fourth-order valence-electron chi connectivity index (χ4n) is 2.33. The third-order valence-electron chi connectivity index (χ3n) is 3.32. The summed E-state index contributed by atoms with van der Waals surface area (Å²) in [5, 5.41) is 10.5. The molecular weight excluding hydrogens is 224 g/mol. The quantitative estimate of drug-likeness (QED) is 0.826. The molecule has 0 fully saturated rings. The Bertz CT molecular complexity index is 614. The van der Waals surface area contributed by atoms with Crippen molar-refractivity contribution < 1.29 is 9.84 Å². The van der Waals surface area contributed by atoms with Crippen molar-refractivity contribution in [1.82, 2.24) is 0 Å². The summed E-state index contributed by atoms with van der Waals surface area (Å²) in [6, 6.07) is 13.7. The van der Waals surface area contributed by atoms with Gasteiger partial charge in [-0.05, 0) is 34.4 Å². The summed E-state index contributed by atoms with van der Waals surface area (Å²) in [6.07, 6.45) is 3.46. The maximum Gasteiger partial charge on any atom is 0.119 e. The number of methoxy groups -OCH3 is 1. The fourth-order valence-corrected chi connectivity index (χ4v) is 2.33. The lowest BCUT2D eigenvalue weighted by Crippen LogP contribution is -2.02. The summed E-state index contributed by atoms with van der Waals surface area (Å²) in [4.78, 5) is 0. The van der Waals surface area contributed by atoms with E-state index in [0.717, 1.165) is 28.0 Å². The van der Waals surface area contributed by atoms with Crippen LogP contribution in [0.1, 0.15) is 28.4 Å². The van der Waals surface area contributed by atoms with Gasteiger partial charge in [-0.1, -0.05) is 42.5 Å². The maximum absolute atomic E-state index is 10.5. The minimum Gasteiger partial charge on any atom is -0.497 e. The first-order valence-electron chi connectivity index (χ1n) is 5.92. The highest BCUT2D eigenvalue weighted by atomic mass is 16.5. The number of fused-ring (bicyclic) bond motifs is 2. The molecule has 0 saturated heterocycles. The van der Waals surface area contributed by atoms with E-state index in [-0.39, 0.29) is 0 Å². The molecule has 1 aliphatic rings. The van der Waals surface area contributed by atoms with E-state index in [1.807, 2.05) is 54.6 Å². The SMILES string of the molecule is COc1ccc2c(c1)C(O)c1ccccc1C=C2. The van der Waals surface area contributed by atoms with Gasteiger partial charge in [0.1, 0.15) is 11.9 Å². The Morgan fingerprint density at radius 2 is 1.67 bits per heavy atom. The Morgan fingerprint density at radius 3 is 2.44 bits per heavy atom. The summed E-state index contributed by atoms with van der Waals surface area (Å²) >= 11 is 0. The lowest BCUT2D eigenvalue weighted by atomic mass is 9.96. The molecule has 0 heterocycles. The summed E-state index contributed by atoms with van der Waals surface area (Å²) in [7, 11) is 1.63. The van der Waals surface area contributed by atoms with E-state index in [9.17, 15) is 5.11 Å². The molecule has 0 aromatic heterocycles. The Balaban J connectivity index is 2.20. The normalized spacial score (nSPS) is 16.7. The van der Waals surface area contributed by atoms with Crippen LogP contribution in [0.25, 0.3) is 12.2 Å². The standard InChI is InChI=1S/C16H14O2/c1-18-13-9-8-12-7-6-11-4-2-3-5-14(11)16(17)15(12)10-13/h2-10,16-17H,1H3. The molecule has 1 unspecified atom stereocenters. The van der Waals surface area contributed by atoms with Crippen molar-refractivity contribution in [3.05, 3.63) is 64.7 Å². The van der Waals surface area contributed by atoms with Crippen LogP contribution in [0, 0.1) is 0 Å². The minimum atomic E-state index is -0.610. The van der Waals surface area contributed by atoms with Crippen molar-refractivity contribution >= 4 is 12.2 Å². The van der Waals surface area contributed by atoms with E-state index in [1.54, 1.807) is 7.11 Å². The fraction of sp³-hybridized carbons (Fsp3) is 0.125. The van der Waals surface area contributed by atoms with Crippen molar-refractivity contribution in [2.45, 2.75) is 6.10 Å². The third-order valence-corrected chi connectivity index (χ3v) is 3.32. The van der Waals surface area contributed by atoms with Crippen LogP contribution in [-0.4, -0.2) is 12.2 Å². The van der Waals surface area contributed by atoms with E-state index in [2.05, 4.69) is 0 Å². The van der Waals surface area contributed by atoms with Crippen molar-refractivity contribution in [3.63, 3.8) is 0 Å². The molecule has 3 rings (SSSR count). The molecule has 2 aromatic carbocycles. The topological polar surface area (TPSA) is 29.5 Å². The molecule has 18 heavy (non-hydrogen) atoms. The van der Waals surface area contributed by atoms with Gasteiger partial charge in [0.05, 0.1) is 7.11 Å². The second-order valence-electron chi connectivity index (χ2n) is 4.36. The highest BCUT2D eigenvalue weighted by Crippen LogP contribution is 2.34. The molecule has 90 valence electrons. The highest BCUT2D eigenvalue weighted by Gasteiger charge is 2.19. The largest absolute Gasteiger partial charge is 0.497 e. The van der Waals surface area contributed by atoms with Crippen LogP contribution < -0.4 is 4.74 Å². The van der Waals surface area contributed by atoms with Gasteiger partial charge in [0, 0.05) is 0 Å². The Morgan fingerprint density at radius 1 is 0.944 bits per heavy atom. The van der Waals surface area contributed by atoms with Crippen LogP contribution in [0.15, 0.2) is 42.5 Å². The highest BCUT2D eigenvalue weighted by molar-refractivity contribution is 5.76. The number of aliphatic hydroxyl groups is 1. The molecule has 2 aromatic rings. The molecule has 1 N–H and O–H groups in total. The summed E-state index contributed by atoms with van der Waals surface area (Å²) < 4.78 is 5.22. The van der Waals surface area contributed by atoms with Crippen molar-refractivity contribution in [1.29, 1.82) is 0 Å². The number of ether oxygens (including phenoxy) is 1. The molecule has 1 atom stereocenters. The van der Waals surface area contributed by atoms with Crippen molar-refractivity contribution in [2.75, 3.05) is 7.11 Å². The summed E-state index contributed by atoms with van der Waals surface area (Å²) in [5.41, 5.74) is 3.90. The molecule has 0 saturated carbocycles. The zero-order chi connectivity index (χ0) is 12.5. The van der Waals surface area contributed by atoms with Gasteiger partial charge in [0.15, 0.2) is 0 Å². The first kappa shape index (κ1) is 11.1. The van der Waals surface area contributed by atoms with Gasteiger partial charge in [-0.3, -0.25) is 0 Å². The molecule has 0 radical (unpaired) electrons. The predicted molar refractivity (Wildman–Crippen MR) is 72.4 cm³/mol. The van der Waals surface area contributed by atoms with Crippen LogP contribution in [-0.2, 0) is 0 Å². The van der Waals surface area contributed by atoms with Crippen LogP contribution in [0.2, 0.25) is 0 Å². The van der Waals surface area contributed by atoms with Crippen LogP contribution in [0.4, 0.5) is 0 Å². The second-order valence-corrected chi connectivity index (χ2v) is 4.36. The maximum atomic E-state index is 10.5. The van der Waals surface area contributed by atoms with Crippen molar-refractivity contribution in [2.24, 2.45) is 0 Å². The molecule has 0 bridgehead atoms. The monoisotopic (exact) mass is 238 g/mol. The Kier molecular flexibility index (Phi) is 2.65. The van der Waals surface area contributed by atoms with Gasteiger partial charge in [-0.25, -0.2) is 0 Å². The molecule has 2 nitrogen and oxygen atoms in total. The minimum absolute atomic E-state index is 0.610. The predicted octanol–water partition coefficient (Wildman–Crippen LogP) is 3.26. The Labute approximate surface area is 106 Å². The first-order valence-corrected chi connectivity index (χ1v) is 5.92. The molecule has 1 aliphatic carbocycles. The molecular formula is C16H14O2. The smallest absolute Gasteiger partial charge is 0.119 e. The lowest BCUT2D eigenvalue weighted by molar-refractivity contribution is 0.219. The van der Waals surface area contributed by atoms with Gasteiger partial charge in [-0.2, -0.15) is 0 Å². The van der Waals surface area contributed by atoms with E-state index in [1.165, 1.54) is 0 Å². The average Bonchev–Trinajstić information content (AvgIpc) is 2.57. The van der Waals surface area contributed by atoms with Crippen LogP contribution >= 0.6 is 0 Å². The van der Waals surface area contributed by atoms with Crippen LogP contribution in [0.3, 0.4) is 0 Å². The summed E-state index contributed by atoms with van der Waals surface area (Å²) in [6.45, 7) is 0. The molecule has 2 heteroatoms. The van der Waals surface area contributed by atoms with Gasteiger partial charge in [0.2, 0.25) is 0 Å². The molecule has 0 amide bonds. The number of hydrogen-bond acceptors (Lipinski definition) is 2. The van der Waals surface area contributed by atoms with E-state index in [4.69, 9.17) is 4.74 Å². The van der Waals surface area contributed by atoms with E-state index in [0.29, 0.717) is 0 Å². The van der Waals surface area contributed by atoms with E-state index >= 15 is 0 Å². The first-order chi connectivity index (χ1) is 8.79. The van der Waals surface area contributed by atoms with Gasteiger partial charge < -0.3 is 9.84 Å². The number of benzene rings is 2. The average molecular weight is 238 g/mol. The summed E-state index contributed by atoms with van der Waals surface area (Å²) in [5.74, 6) is 0.764. The van der Waals surface area contributed by atoms with E-state index < -0.39 is 6.10 Å². The van der Waals surface area contributed by atoms with Gasteiger partial charge in [-0.15, -0.1) is 0 Å². The van der Waals surface area contributed by atoms with Crippen molar-refractivity contribution in [3.8, 4) is 5.75 Å². The molecule has 0 spiro atoms. The van der Waals surface area contributed by atoms with Crippen LogP contribution in [0.5, 0.6) is 5.75 Å². The zero-order valence-electron chi connectivity index (χ0n) is 10.1. The molecule has 0 aliphatic heterocycles. The Hall–Kier alpha value is -2.06. The van der Waals surface area contributed by atoms with Gasteiger partial charge >= 0.3 is 0 Å². The second kappa shape index (κ2) is 4.31. The number of aliphatic hydroxyl groups excluding tert-OH is 1. The third kappa shape index (κ3) is 1.71. The number of hydrogen-bond donors (Lipinski definition) is 1. The number of rotatable bonds is 1. The zero-order valence-corrected chi connectivity index (χ0v) is 10.1. The van der Waals surface area contributed by atoms with Gasteiger partial charge in [0.25, 0.3) is 0 Å².